The quantitative estimate of drug-likeness (QED) is 0.775. The van der Waals surface area contributed by atoms with Crippen molar-refractivity contribution >= 4 is 11.9 Å². The van der Waals surface area contributed by atoms with Gasteiger partial charge < -0.3 is 15.7 Å². The molecule has 5 heteroatoms. The van der Waals surface area contributed by atoms with Gasteiger partial charge in [-0.05, 0) is 26.2 Å². The Morgan fingerprint density at radius 2 is 1.65 bits per heavy atom. The monoisotopic (exact) mass is 244 g/mol. The zero-order valence-corrected chi connectivity index (χ0v) is 11.6. The van der Waals surface area contributed by atoms with Gasteiger partial charge in [-0.15, -0.1) is 0 Å². The van der Waals surface area contributed by atoms with E-state index in [2.05, 4.69) is 0 Å². The third-order valence-electron chi connectivity index (χ3n) is 2.98. The second-order valence-corrected chi connectivity index (χ2v) is 5.79. The van der Waals surface area contributed by atoms with Crippen molar-refractivity contribution in [3.8, 4) is 0 Å². The third kappa shape index (κ3) is 3.43. The summed E-state index contributed by atoms with van der Waals surface area (Å²) < 4.78 is 0. The minimum absolute atomic E-state index is 0.321. The van der Waals surface area contributed by atoms with Crippen LogP contribution in [0.2, 0.25) is 0 Å². The first-order valence-corrected chi connectivity index (χ1v) is 5.76. The summed E-state index contributed by atoms with van der Waals surface area (Å²) in [7, 11) is 0. The Bertz CT molecular complexity index is 305. The van der Waals surface area contributed by atoms with Crippen molar-refractivity contribution in [1.29, 1.82) is 0 Å². The van der Waals surface area contributed by atoms with Crippen molar-refractivity contribution in [2.75, 3.05) is 6.54 Å². The van der Waals surface area contributed by atoms with Crippen LogP contribution in [0.5, 0.6) is 0 Å². The molecule has 0 heterocycles. The average Bonchev–Trinajstić information content (AvgIpc) is 2.15. The van der Waals surface area contributed by atoms with Crippen LogP contribution in [0.3, 0.4) is 0 Å². The SMILES string of the molecule is CCN(C(=O)C(N)C(C)(C)C)C(C)(C)C(=O)O. The average molecular weight is 244 g/mol. The lowest BCUT2D eigenvalue weighted by Gasteiger charge is -2.38. The number of nitrogens with two attached hydrogens (primary N) is 1. The van der Waals surface area contributed by atoms with Crippen LogP contribution in [-0.2, 0) is 9.59 Å². The number of rotatable bonds is 4. The molecule has 5 nitrogen and oxygen atoms in total. The first kappa shape index (κ1) is 15.9. The number of amides is 1. The number of carbonyl (C=O) groups excluding carboxylic acids is 1. The zero-order chi connectivity index (χ0) is 14.0. The summed E-state index contributed by atoms with van der Waals surface area (Å²) in [6.07, 6.45) is 0. The van der Waals surface area contributed by atoms with Crippen molar-refractivity contribution < 1.29 is 14.7 Å². The van der Waals surface area contributed by atoms with Gasteiger partial charge in [0.05, 0.1) is 6.04 Å². The van der Waals surface area contributed by atoms with Gasteiger partial charge in [0, 0.05) is 6.54 Å². The predicted molar refractivity (Wildman–Crippen MR) is 66.5 cm³/mol. The van der Waals surface area contributed by atoms with Crippen LogP contribution in [0.1, 0.15) is 41.5 Å². The second kappa shape index (κ2) is 5.04. The summed E-state index contributed by atoms with van der Waals surface area (Å²) in [5.41, 5.74) is 4.25. The number of aliphatic carboxylic acids is 1. The van der Waals surface area contributed by atoms with E-state index in [1.54, 1.807) is 6.92 Å². The molecule has 1 unspecified atom stereocenters. The molecule has 1 atom stereocenters. The van der Waals surface area contributed by atoms with Gasteiger partial charge >= 0.3 is 5.97 Å². The molecule has 0 aromatic carbocycles. The highest BCUT2D eigenvalue weighted by molar-refractivity contribution is 5.89. The third-order valence-corrected chi connectivity index (χ3v) is 2.98. The number of carbonyl (C=O) groups is 2. The summed E-state index contributed by atoms with van der Waals surface area (Å²) in [5.74, 6) is -1.36. The number of nitrogens with zero attached hydrogens (tertiary/aromatic N) is 1. The van der Waals surface area contributed by atoms with Crippen LogP contribution in [0.4, 0.5) is 0 Å². The molecule has 0 saturated carbocycles. The summed E-state index contributed by atoms with van der Waals surface area (Å²) >= 11 is 0. The fraction of sp³-hybridized carbons (Fsp3) is 0.833. The summed E-state index contributed by atoms with van der Waals surface area (Å²) in [5, 5.41) is 9.14. The largest absolute Gasteiger partial charge is 0.480 e. The molecular weight excluding hydrogens is 220 g/mol. The molecule has 100 valence electrons. The van der Waals surface area contributed by atoms with E-state index < -0.39 is 17.6 Å². The van der Waals surface area contributed by atoms with Crippen LogP contribution in [0, 0.1) is 5.41 Å². The first-order valence-electron chi connectivity index (χ1n) is 5.76. The Labute approximate surface area is 103 Å². The molecule has 0 fully saturated rings. The van der Waals surface area contributed by atoms with Crippen LogP contribution in [-0.4, -0.2) is 40.0 Å². The van der Waals surface area contributed by atoms with Gasteiger partial charge in [0.2, 0.25) is 5.91 Å². The van der Waals surface area contributed by atoms with Gasteiger partial charge in [-0.3, -0.25) is 4.79 Å². The van der Waals surface area contributed by atoms with Crippen LogP contribution in [0.25, 0.3) is 0 Å². The summed E-state index contributed by atoms with van der Waals surface area (Å²) in [4.78, 5) is 24.7. The molecule has 0 aliphatic heterocycles. The molecule has 0 aliphatic rings. The van der Waals surface area contributed by atoms with E-state index in [9.17, 15) is 9.59 Å². The highest BCUT2D eigenvalue weighted by Gasteiger charge is 2.41. The van der Waals surface area contributed by atoms with Gasteiger partial charge in [0.1, 0.15) is 5.54 Å². The minimum Gasteiger partial charge on any atom is -0.480 e. The zero-order valence-electron chi connectivity index (χ0n) is 11.6. The van der Waals surface area contributed by atoms with E-state index >= 15 is 0 Å². The van der Waals surface area contributed by atoms with Crippen molar-refractivity contribution in [2.24, 2.45) is 11.1 Å². The molecule has 0 spiro atoms. The Morgan fingerprint density at radius 3 is 1.88 bits per heavy atom. The maximum Gasteiger partial charge on any atom is 0.329 e. The lowest BCUT2D eigenvalue weighted by atomic mass is 9.85. The highest BCUT2D eigenvalue weighted by Crippen LogP contribution is 2.23. The number of hydrogen-bond donors (Lipinski definition) is 2. The van der Waals surface area contributed by atoms with E-state index in [4.69, 9.17) is 10.8 Å². The molecule has 0 bridgehead atoms. The normalized spacial score (nSPS) is 14.3. The fourth-order valence-electron chi connectivity index (χ4n) is 1.48. The van der Waals surface area contributed by atoms with Gasteiger partial charge in [-0.25, -0.2) is 4.79 Å². The van der Waals surface area contributed by atoms with Crippen molar-refractivity contribution in [2.45, 2.75) is 53.1 Å². The van der Waals surface area contributed by atoms with Crippen LogP contribution >= 0.6 is 0 Å². The van der Waals surface area contributed by atoms with Gasteiger partial charge in [0.25, 0.3) is 0 Å². The van der Waals surface area contributed by atoms with E-state index in [0.29, 0.717) is 6.54 Å². The Morgan fingerprint density at radius 1 is 1.24 bits per heavy atom. The van der Waals surface area contributed by atoms with E-state index in [0.717, 1.165) is 0 Å². The molecule has 0 rings (SSSR count). The second-order valence-electron chi connectivity index (χ2n) is 5.79. The number of hydrogen-bond acceptors (Lipinski definition) is 3. The fourth-order valence-corrected chi connectivity index (χ4v) is 1.48. The molecule has 0 radical (unpaired) electrons. The molecule has 3 N–H and O–H groups in total. The number of carboxylic acids is 1. The van der Waals surface area contributed by atoms with Crippen molar-refractivity contribution in [3.05, 3.63) is 0 Å². The van der Waals surface area contributed by atoms with E-state index in [1.807, 2.05) is 20.8 Å². The topological polar surface area (TPSA) is 83.6 Å². The van der Waals surface area contributed by atoms with E-state index in [1.165, 1.54) is 18.7 Å². The Hall–Kier alpha value is -1.10. The van der Waals surface area contributed by atoms with Crippen LogP contribution in [0.15, 0.2) is 0 Å². The predicted octanol–water partition coefficient (Wildman–Crippen LogP) is 1.07. The highest BCUT2D eigenvalue weighted by atomic mass is 16.4. The summed E-state index contributed by atoms with van der Waals surface area (Å²) in [6.45, 7) is 10.7. The van der Waals surface area contributed by atoms with Gasteiger partial charge in [-0.1, -0.05) is 20.8 Å². The van der Waals surface area contributed by atoms with Gasteiger partial charge in [0.15, 0.2) is 0 Å². The molecule has 0 aromatic heterocycles. The maximum atomic E-state index is 12.2. The molecule has 17 heavy (non-hydrogen) atoms. The van der Waals surface area contributed by atoms with Crippen LogP contribution < -0.4 is 5.73 Å². The number of carboxylic acid groups (broad SMARTS) is 1. The molecule has 0 saturated heterocycles. The molecular formula is C12H24N2O3. The first-order chi connectivity index (χ1) is 7.46. The molecule has 1 amide bonds. The lowest BCUT2D eigenvalue weighted by molar-refractivity contribution is -0.158. The van der Waals surface area contributed by atoms with Crippen molar-refractivity contribution in [1.82, 2.24) is 4.90 Å². The summed E-state index contributed by atoms with van der Waals surface area (Å²) in [6, 6.07) is -0.707. The van der Waals surface area contributed by atoms with E-state index in [-0.39, 0.29) is 11.3 Å². The lowest BCUT2D eigenvalue weighted by Crippen LogP contribution is -2.59. The van der Waals surface area contributed by atoms with Crippen molar-refractivity contribution in [3.63, 3.8) is 0 Å². The molecule has 0 aliphatic carbocycles. The smallest absolute Gasteiger partial charge is 0.329 e. The molecule has 0 aromatic rings. The standard InChI is InChI=1S/C12H24N2O3/c1-7-14(12(5,6)10(16)17)9(15)8(13)11(2,3)4/h8H,7,13H2,1-6H3,(H,16,17). The Kier molecular flexibility index (Phi) is 4.71. The minimum atomic E-state index is -1.24. The Balaban J connectivity index is 5.17. The number of likely N-dealkylation sites (N-methyl/N-ethyl adjacent to an activating group) is 1. The maximum absolute atomic E-state index is 12.2. The van der Waals surface area contributed by atoms with Gasteiger partial charge in [-0.2, -0.15) is 0 Å².